The molecule has 2 aromatic rings. The van der Waals surface area contributed by atoms with Crippen molar-refractivity contribution >= 4 is 11.6 Å². The van der Waals surface area contributed by atoms with Gasteiger partial charge in [0.25, 0.3) is 0 Å². The first-order chi connectivity index (χ1) is 8.68. The first kappa shape index (κ1) is 13.1. The number of hydrogen-bond acceptors (Lipinski definition) is 1. The van der Waals surface area contributed by atoms with Crippen molar-refractivity contribution in [2.75, 3.05) is 0 Å². The molecule has 0 aliphatic carbocycles. The maximum absolute atomic E-state index is 6.19. The molecule has 0 amide bonds. The molecule has 1 atom stereocenters. The predicted octanol–water partition coefficient (Wildman–Crippen LogP) is 4.50. The zero-order valence-electron chi connectivity index (χ0n) is 10.8. The van der Waals surface area contributed by atoms with Gasteiger partial charge in [0.2, 0.25) is 0 Å². The number of aryl methyl sites for hydroxylation is 1. The van der Waals surface area contributed by atoms with Gasteiger partial charge in [-0.3, -0.25) is 0 Å². The lowest BCUT2D eigenvalue weighted by atomic mass is 10.1. The van der Waals surface area contributed by atoms with E-state index in [4.69, 9.17) is 11.6 Å². The molecule has 0 radical (unpaired) electrons. The van der Waals surface area contributed by atoms with Crippen molar-refractivity contribution in [3.05, 3.63) is 70.2 Å². The molecule has 0 aliphatic rings. The Hall–Kier alpha value is -1.31. The molecule has 0 heterocycles. The van der Waals surface area contributed by atoms with Crippen LogP contribution in [-0.2, 0) is 6.54 Å². The molecule has 94 valence electrons. The summed E-state index contributed by atoms with van der Waals surface area (Å²) in [6.45, 7) is 5.13. The zero-order valence-corrected chi connectivity index (χ0v) is 11.5. The summed E-state index contributed by atoms with van der Waals surface area (Å²) >= 11 is 6.19. The smallest absolute Gasteiger partial charge is 0.0453 e. The Labute approximate surface area is 114 Å². The molecule has 2 rings (SSSR count). The van der Waals surface area contributed by atoms with Crippen LogP contribution in [0, 0.1) is 6.92 Å². The van der Waals surface area contributed by atoms with E-state index in [1.54, 1.807) is 0 Å². The third-order valence-corrected chi connectivity index (χ3v) is 3.58. The van der Waals surface area contributed by atoms with E-state index in [0.29, 0.717) is 0 Å². The summed E-state index contributed by atoms with van der Waals surface area (Å²) in [6.07, 6.45) is 0. The lowest BCUT2D eigenvalue weighted by Gasteiger charge is -2.16. The topological polar surface area (TPSA) is 12.0 Å². The molecule has 1 N–H and O–H groups in total. The molecule has 2 aromatic carbocycles. The first-order valence-corrected chi connectivity index (χ1v) is 6.58. The van der Waals surface area contributed by atoms with Crippen LogP contribution in [0.2, 0.25) is 5.02 Å². The molecule has 0 aliphatic heterocycles. The largest absolute Gasteiger partial charge is 0.306 e. The van der Waals surface area contributed by atoms with Crippen LogP contribution >= 0.6 is 11.6 Å². The van der Waals surface area contributed by atoms with E-state index in [0.717, 1.165) is 17.1 Å². The van der Waals surface area contributed by atoms with Gasteiger partial charge < -0.3 is 5.32 Å². The minimum Gasteiger partial charge on any atom is -0.306 e. The summed E-state index contributed by atoms with van der Waals surface area (Å²) in [5, 5.41) is 4.33. The highest BCUT2D eigenvalue weighted by molar-refractivity contribution is 6.31. The summed E-state index contributed by atoms with van der Waals surface area (Å²) in [7, 11) is 0. The Balaban J connectivity index is 2.03. The van der Waals surface area contributed by atoms with Crippen LogP contribution < -0.4 is 5.32 Å². The second-order valence-corrected chi connectivity index (χ2v) is 4.96. The Morgan fingerprint density at radius 1 is 1.06 bits per heavy atom. The Bertz CT molecular complexity index is 522. The minimum absolute atomic E-state index is 0.248. The third kappa shape index (κ3) is 3.12. The molecule has 1 unspecified atom stereocenters. The van der Waals surface area contributed by atoms with Gasteiger partial charge in [-0.25, -0.2) is 0 Å². The van der Waals surface area contributed by atoms with Gasteiger partial charge in [0.15, 0.2) is 0 Å². The molecule has 0 saturated carbocycles. The van der Waals surface area contributed by atoms with Crippen molar-refractivity contribution in [1.29, 1.82) is 0 Å². The van der Waals surface area contributed by atoms with Gasteiger partial charge in [0, 0.05) is 17.6 Å². The van der Waals surface area contributed by atoms with E-state index in [1.165, 1.54) is 11.1 Å². The van der Waals surface area contributed by atoms with E-state index in [-0.39, 0.29) is 6.04 Å². The average Bonchev–Trinajstić information content (AvgIpc) is 2.38. The van der Waals surface area contributed by atoms with E-state index >= 15 is 0 Å². The van der Waals surface area contributed by atoms with Crippen molar-refractivity contribution in [3.63, 3.8) is 0 Å². The van der Waals surface area contributed by atoms with Gasteiger partial charge in [-0.2, -0.15) is 0 Å². The summed E-state index contributed by atoms with van der Waals surface area (Å²) < 4.78 is 0. The molecule has 0 bridgehead atoms. The second kappa shape index (κ2) is 6.03. The fourth-order valence-electron chi connectivity index (χ4n) is 2.01. The maximum atomic E-state index is 6.19. The van der Waals surface area contributed by atoms with Gasteiger partial charge in [-0.05, 0) is 36.6 Å². The predicted molar refractivity (Wildman–Crippen MR) is 77.9 cm³/mol. The lowest BCUT2D eigenvalue weighted by Crippen LogP contribution is -2.18. The van der Waals surface area contributed by atoms with Gasteiger partial charge in [-0.15, -0.1) is 0 Å². The second-order valence-electron chi connectivity index (χ2n) is 4.55. The summed E-state index contributed by atoms with van der Waals surface area (Å²) in [4.78, 5) is 0. The normalized spacial score (nSPS) is 12.4. The van der Waals surface area contributed by atoms with Crippen molar-refractivity contribution < 1.29 is 0 Å². The quantitative estimate of drug-likeness (QED) is 0.853. The number of hydrogen-bond donors (Lipinski definition) is 1. The highest BCUT2D eigenvalue weighted by atomic mass is 35.5. The lowest BCUT2D eigenvalue weighted by molar-refractivity contribution is 0.573. The molecule has 0 aromatic heterocycles. The average molecular weight is 260 g/mol. The molecule has 0 saturated heterocycles. The number of halogens is 1. The van der Waals surface area contributed by atoms with Crippen molar-refractivity contribution in [2.24, 2.45) is 0 Å². The summed E-state index contributed by atoms with van der Waals surface area (Å²) in [6, 6.07) is 16.7. The minimum atomic E-state index is 0.248. The molecule has 0 fully saturated rings. The third-order valence-electron chi connectivity index (χ3n) is 3.23. The molecule has 2 heteroatoms. The Morgan fingerprint density at radius 2 is 1.72 bits per heavy atom. The highest BCUT2D eigenvalue weighted by Gasteiger charge is 2.08. The maximum Gasteiger partial charge on any atom is 0.0453 e. The van der Waals surface area contributed by atoms with Crippen LogP contribution in [0.4, 0.5) is 0 Å². The number of rotatable bonds is 4. The van der Waals surface area contributed by atoms with Crippen molar-refractivity contribution in [1.82, 2.24) is 5.32 Å². The molecule has 18 heavy (non-hydrogen) atoms. The summed E-state index contributed by atoms with van der Waals surface area (Å²) in [5.41, 5.74) is 3.79. The van der Waals surface area contributed by atoms with Gasteiger partial charge in [-0.1, -0.05) is 54.1 Å². The molecular weight excluding hydrogens is 242 g/mol. The van der Waals surface area contributed by atoms with E-state index in [9.17, 15) is 0 Å². The van der Waals surface area contributed by atoms with Gasteiger partial charge >= 0.3 is 0 Å². The first-order valence-electron chi connectivity index (χ1n) is 6.21. The highest BCUT2D eigenvalue weighted by Crippen LogP contribution is 2.22. The van der Waals surface area contributed by atoms with Crippen LogP contribution in [-0.4, -0.2) is 0 Å². The van der Waals surface area contributed by atoms with E-state index < -0.39 is 0 Å². The molecule has 0 spiro atoms. The fourth-order valence-corrected chi connectivity index (χ4v) is 2.31. The van der Waals surface area contributed by atoms with E-state index in [1.807, 2.05) is 18.2 Å². The Morgan fingerprint density at radius 3 is 2.44 bits per heavy atom. The SMILES string of the molecule is Cc1ccccc1CNC(C)c1ccccc1Cl. The van der Waals surface area contributed by atoms with Gasteiger partial charge in [0.1, 0.15) is 0 Å². The van der Waals surface area contributed by atoms with Crippen LogP contribution in [0.25, 0.3) is 0 Å². The Kier molecular flexibility index (Phi) is 4.40. The monoisotopic (exact) mass is 259 g/mol. The van der Waals surface area contributed by atoms with Gasteiger partial charge in [0.05, 0.1) is 0 Å². The van der Waals surface area contributed by atoms with Crippen LogP contribution in [0.15, 0.2) is 48.5 Å². The van der Waals surface area contributed by atoms with Crippen LogP contribution in [0.5, 0.6) is 0 Å². The van der Waals surface area contributed by atoms with Crippen molar-refractivity contribution in [3.8, 4) is 0 Å². The standard InChI is InChI=1S/C16H18ClN/c1-12-7-3-4-8-14(12)11-18-13(2)15-9-5-6-10-16(15)17/h3-10,13,18H,11H2,1-2H3. The van der Waals surface area contributed by atoms with Crippen molar-refractivity contribution in [2.45, 2.75) is 26.4 Å². The van der Waals surface area contributed by atoms with E-state index in [2.05, 4.69) is 49.5 Å². The van der Waals surface area contributed by atoms with Crippen LogP contribution in [0.3, 0.4) is 0 Å². The summed E-state index contributed by atoms with van der Waals surface area (Å²) in [5.74, 6) is 0. The fraction of sp³-hybridized carbons (Fsp3) is 0.250. The zero-order chi connectivity index (χ0) is 13.0. The van der Waals surface area contributed by atoms with Crippen LogP contribution in [0.1, 0.15) is 29.7 Å². The molecular formula is C16H18ClN. The number of benzene rings is 2. The number of nitrogens with one attached hydrogen (secondary N) is 1. The molecule has 1 nitrogen and oxygen atoms in total.